The van der Waals surface area contributed by atoms with Crippen LogP contribution in [-0.4, -0.2) is 48.5 Å². The van der Waals surface area contributed by atoms with Crippen molar-refractivity contribution in [1.82, 2.24) is 9.80 Å². The summed E-state index contributed by atoms with van der Waals surface area (Å²) in [5.41, 5.74) is 0.0611. The number of alkyl halides is 3. The fourth-order valence-electron chi connectivity index (χ4n) is 4.10. The average molecular weight is 497 g/mol. The topological polar surface area (TPSA) is 32.8 Å². The molecule has 3 rings (SSSR count). The van der Waals surface area contributed by atoms with E-state index in [4.69, 9.17) is 16.3 Å². The fraction of sp³-hybridized carbons (Fsp3) is 0.500. The van der Waals surface area contributed by atoms with Gasteiger partial charge in [0.05, 0.1) is 18.6 Å². The summed E-state index contributed by atoms with van der Waals surface area (Å²) < 4.78 is 46.8. The molecule has 1 fully saturated rings. The van der Waals surface area contributed by atoms with Crippen LogP contribution in [0.15, 0.2) is 42.5 Å². The van der Waals surface area contributed by atoms with Crippen molar-refractivity contribution in [2.75, 3.05) is 26.7 Å². The maximum absolute atomic E-state index is 13.7. The third kappa shape index (κ3) is 7.37. The maximum Gasteiger partial charge on any atom is 0.416 e. The number of nitrogens with zero attached hydrogens (tertiary/aromatic N) is 2. The molecule has 0 radical (unpaired) electrons. The Kier molecular flexibility index (Phi) is 8.88. The zero-order chi connectivity index (χ0) is 24.9. The van der Waals surface area contributed by atoms with Gasteiger partial charge in [0.1, 0.15) is 5.75 Å². The molecule has 8 heteroatoms. The first-order valence-electron chi connectivity index (χ1n) is 11.6. The molecule has 4 nitrogen and oxygen atoms in total. The van der Waals surface area contributed by atoms with E-state index >= 15 is 0 Å². The molecule has 0 aromatic heterocycles. The predicted molar refractivity (Wildman–Crippen MR) is 128 cm³/mol. The number of benzene rings is 2. The lowest BCUT2D eigenvalue weighted by Gasteiger charge is -2.38. The van der Waals surface area contributed by atoms with Crippen LogP contribution in [0.3, 0.4) is 0 Å². The number of rotatable bonds is 8. The summed E-state index contributed by atoms with van der Waals surface area (Å²) in [4.78, 5) is 17.2. The van der Waals surface area contributed by atoms with Crippen LogP contribution in [0, 0.1) is 5.92 Å². The van der Waals surface area contributed by atoms with Crippen molar-refractivity contribution in [3.05, 3.63) is 64.2 Å². The molecule has 0 atom stereocenters. The smallest absolute Gasteiger partial charge is 0.416 e. The Labute approximate surface area is 204 Å². The summed E-state index contributed by atoms with van der Waals surface area (Å²) in [5.74, 6) is 0.945. The van der Waals surface area contributed by atoms with Gasteiger partial charge in [-0.3, -0.25) is 4.79 Å². The van der Waals surface area contributed by atoms with Crippen molar-refractivity contribution in [1.29, 1.82) is 0 Å². The monoisotopic (exact) mass is 496 g/mol. The van der Waals surface area contributed by atoms with Crippen molar-refractivity contribution in [2.24, 2.45) is 5.92 Å². The minimum atomic E-state index is -4.55. The first-order chi connectivity index (χ1) is 16.0. The Balaban J connectivity index is 1.80. The van der Waals surface area contributed by atoms with Crippen LogP contribution in [0.1, 0.15) is 43.4 Å². The first kappa shape index (κ1) is 26.4. The summed E-state index contributed by atoms with van der Waals surface area (Å²) in [6.07, 6.45) is -2.99. The van der Waals surface area contributed by atoms with Gasteiger partial charge in [-0.25, -0.2) is 0 Å². The van der Waals surface area contributed by atoms with Crippen molar-refractivity contribution in [2.45, 2.75) is 51.9 Å². The van der Waals surface area contributed by atoms with E-state index in [1.807, 2.05) is 31.3 Å². The Hall–Kier alpha value is -2.25. The van der Waals surface area contributed by atoms with E-state index in [0.29, 0.717) is 12.5 Å². The normalized spacial score (nSPS) is 15.5. The first-order valence-corrected chi connectivity index (χ1v) is 12.0. The van der Waals surface area contributed by atoms with E-state index in [1.54, 1.807) is 4.90 Å². The third-order valence-electron chi connectivity index (χ3n) is 6.03. The summed E-state index contributed by atoms with van der Waals surface area (Å²) in [6, 6.07) is 11.0. The van der Waals surface area contributed by atoms with Gasteiger partial charge in [0, 0.05) is 17.6 Å². The van der Waals surface area contributed by atoms with Crippen LogP contribution in [0.5, 0.6) is 5.75 Å². The van der Waals surface area contributed by atoms with E-state index in [0.717, 1.165) is 43.3 Å². The zero-order valence-electron chi connectivity index (χ0n) is 19.9. The lowest BCUT2D eigenvalue weighted by molar-refractivity contribution is -0.140. The van der Waals surface area contributed by atoms with Crippen LogP contribution in [0.4, 0.5) is 13.2 Å². The standard InChI is InChI=1S/C26H32ClF3N2O2/c1-18(2)17-34-23-8-4-19(5-9-23)14-25(33)32(22-10-12-31(3)13-11-22)16-20-6-7-21(27)15-24(20)26(28,29)30/h4-9,15,18,22H,10-14,16-17H2,1-3H3. The van der Waals surface area contributed by atoms with Gasteiger partial charge < -0.3 is 14.5 Å². The molecule has 0 N–H and O–H groups in total. The highest BCUT2D eigenvalue weighted by molar-refractivity contribution is 6.30. The fourth-order valence-corrected chi connectivity index (χ4v) is 4.28. The summed E-state index contributed by atoms with van der Waals surface area (Å²) >= 11 is 5.85. The molecule has 2 aromatic carbocycles. The molecule has 0 spiro atoms. The molecule has 0 bridgehead atoms. The molecule has 1 heterocycles. The van der Waals surface area contributed by atoms with Crippen molar-refractivity contribution < 1.29 is 22.7 Å². The van der Waals surface area contributed by atoms with E-state index in [1.165, 1.54) is 12.1 Å². The van der Waals surface area contributed by atoms with Crippen LogP contribution >= 0.6 is 11.6 Å². The van der Waals surface area contributed by atoms with Crippen molar-refractivity contribution in [3.8, 4) is 5.75 Å². The van der Waals surface area contributed by atoms with Crippen LogP contribution in [0.2, 0.25) is 5.02 Å². The molecule has 186 valence electrons. The van der Waals surface area contributed by atoms with Gasteiger partial charge >= 0.3 is 6.18 Å². The van der Waals surface area contributed by atoms with Crippen molar-refractivity contribution in [3.63, 3.8) is 0 Å². The number of piperidine rings is 1. The molecule has 34 heavy (non-hydrogen) atoms. The van der Waals surface area contributed by atoms with Crippen LogP contribution < -0.4 is 4.74 Å². The number of ether oxygens (including phenoxy) is 1. The number of amides is 1. The van der Waals surface area contributed by atoms with E-state index < -0.39 is 11.7 Å². The Bertz CT molecular complexity index is 956. The lowest BCUT2D eigenvalue weighted by Crippen LogP contribution is -2.46. The number of halogens is 4. The second kappa shape index (κ2) is 11.5. The molecule has 1 aliphatic rings. The number of likely N-dealkylation sites (tertiary alicyclic amines) is 1. The lowest BCUT2D eigenvalue weighted by atomic mass is 9.99. The zero-order valence-corrected chi connectivity index (χ0v) is 20.6. The minimum Gasteiger partial charge on any atom is -0.493 e. The largest absolute Gasteiger partial charge is 0.493 e. The SMILES string of the molecule is CC(C)COc1ccc(CC(=O)N(Cc2ccc(Cl)cc2C(F)(F)F)C2CCN(C)CC2)cc1. The predicted octanol–water partition coefficient (Wildman–Crippen LogP) is 6.06. The minimum absolute atomic E-state index is 0.0213. The summed E-state index contributed by atoms with van der Waals surface area (Å²) in [7, 11) is 2.01. The van der Waals surface area contributed by atoms with E-state index in [9.17, 15) is 18.0 Å². The second-order valence-electron chi connectivity index (χ2n) is 9.38. The molecule has 1 saturated heterocycles. The highest BCUT2D eigenvalue weighted by Crippen LogP contribution is 2.35. The van der Waals surface area contributed by atoms with Gasteiger partial charge in [0.15, 0.2) is 0 Å². The highest BCUT2D eigenvalue weighted by Gasteiger charge is 2.35. The molecule has 2 aromatic rings. The van der Waals surface area contributed by atoms with Crippen molar-refractivity contribution >= 4 is 17.5 Å². The Morgan fingerprint density at radius 3 is 2.38 bits per heavy atom. The van der Waals surface area contributed by atoms with Gasteiger partial charge in [-0.15, -0.1) is 0 Å². The van der Waals surface area contributed by atoms with Gasteiger partial charge in [-0.05, 0) is 74.3 Å². The average Bonchev–Trinajstić information content (AvgIpc) is 2.77. The number of hydrogen-bond acceptors (Lipinski definition) is 3. The summed E-state index contributed by atoms with van der Waals surface area (Å²) in [6.45, 7) is 6.22. The maximum atomic E-state index is 13.7. The third-order valence-corrected chi connectivity index (χ3v) is 6.26. The van der Waals surface area contributed by atoms with Gasteiger partial charge in [-0.2, -0.15) is 13.2 Å². The number of carbonyl (C=O) groups excluding carboxylic acids is 1. The number of carbonyl (C=O) groups is 1. The second-order valence-corrected chi connectivity index (χ2v) is 9.82. The molecule has 0 saturated carbocycles. The van der Waals surface area contributed by atoms with Crippen LogP contribution in [0.25, 0.3) is 0 Å². The molecule has 0 aliphatic carbocycles. The highest BCUT2D eigenvalue weighted by atomic mass is 35.5. The van der Waals surface area contributed by atoms with Gasteiger partial charge in [-0.1, -0.05) is 43.6 Å². The Morgan fingerprint density at radius 1 is 1.15 bits per heavy atom. The van der Waals surface area contributed by atoms with E-state index in [2.05, 4.69) is 18.7 Å². The van der Waals surface area contributed by atoms with Gasteiger partial charge in [0.25, 0.3) is 0 Å². The molecular weight excluding hydrogens is 465 g/mol. The Morgan fingerprint density at radius 2 is 1.79 bits per heavy atom. The van der Waals surface area contributed by atoms with Crippen LogP contribution in [-0.2, 0) is 23.9 Å². The molecule has 0 unspecified atom stereocenters. The van der Waals surface area contributed by atoms with Gasteiger partial charge in [0.2, 0.25) is 5.91 Å². The molecular formula is C26H32ClF3N2O2. The summed E-state index contributed by atoms with van der Waals surface area (Å²) in [5, 5.41) is 0.0213. The molecule has 1 aliphatic heterocycles. The molecule has 1 amide bonds. The van der Waals surface area contributed by atoms with E-state index in [-0.39, 0.29) is 35.5 Å². The number of hydrogen-bond donors (Lipinski definition) is 0. The quantitative estimate of drug-likeness (QED) is 0.445.